The van der Waals surface area contributed by atoms with Crippen LogP contribution in [0, 0.1) is 12.7 Å². The summed E-state index contributed by atoms with van der Waals surface area (Å²) in [6.07, 6.45) is 7.70. The Bertz CT molecular complexity index is 1340. The van der Waals surface area contributed by atoms with Crippen molar-refractivity contribution < 1.29 is 14.2 Å². The third-order valence-corrected chi connectivity index (χ3v) is 5.96. The van der Waals surface area contributed by atoms with Gasteiger partial charge < -0.3 is 19.0 Å². The molecule has 5 rings (SSSR count). The maximum atomic E-state index is 13.5. The number of rotatable bonds is 5. The van der Waals surface area contributed by atoms with Crippen LogP contribution < -0.4 is 4.74 Å². The Morgan fingerprint density at radius 3 is 2.70 bits per heavy atom. The number of aryl methyl sites for hydroxylation is 1. The van der Waals surface area contributed by atoms with E-state index in [1.165, 1.54) is 12.1 Å². The van der Waals surface area contributed by atoms with Crippen molar-refractivity contribution in [2.45, 2.75) is 32.9 Å². The number of imidazole rings is 2. The Balaban J connectivity index is 1.56. The fourth-order valence-electron chi connectivity index (χ4n) is 4.43. The van der Waals surface area contributed by atoms with Gasteiger partial charge in [-0.15, -0.1) is 0 Å². The van der Waals surface area contributed by atoms with Gasteiger partial charge in [0.2, 0.25) is 0 Å². The molecule has 0 bridgehead atoms. The first-order valence-corrected chi connectivity index (χ1v) is 10.9. The Labute approximate surface area is 191 Å². The first-order valence-electron chi connectivity index (χ1n) is 10.9. The second-order valence-electron chi connectivity index (χ2n) is 8.17. The van der Waals surface area contributed by atoms with E-state index in [9.17, 15) is 9.50 Å². The molecule has 0 unspecified atom stereocenters. The number of hydrogen-bond acceptors (Lipinski definition) is 4. The fraction of sp³-hybridized carbons (Fsp3) is 0.231. The van der Waals surface area contributed by atoms with Crippen LogP contribution in [0.3, 0.4) is 0 Å². The van der Waals surface area contributed by atoms with E-state index in [1.807, 2.05) is 29.8 Å². The summed E-state index contributed by atoms with van der Waals surface area (Å²) in [6.45, 7) is 2.58. The molecule has 33 heavy (non-hydrogen) atoms. The number of halogens is 1. The van der Waals surface area contributed by atoms with Gasteiger partial charge in [-0.25, -0.2) is 14.4 Å². The van der Waals surface area contributed by atoms with Gasteiger partial charge >= 0.3 is 0 Å². The van der Waals surface area contributed by atoms with Crippen LogP contribution in [0.15, 0.2) is 55.0 Å². The third kappa shape index (κ3) is 3.96. The molecule has 0 fully saturated rings. The number of allylic oxidation sites excluding steroid dienone is 1. The van der Waals surface area contributed by atoms with Crippen LogP contribution in [0.1, 0.15) is 35.6 Å². The molecule has 0 amide bonds. The van der Waals surface area contributed by atoms with Crippen molar-refractivity contribution in [3.05, 3.63) is 83.6 Å². The van der Waals surface area contributed by atoms with Gasteiger partial charge in [-0.3, -0.25) is 0 Å². The van der Waals surface area contributed by atoms with Crippen LogP contribution in [0.2, 0.25) is 0 Å². The summed E-state index contributed by atoms with van der Waals surface area (Å²) in [5.41, 5.74) is 6.27. The second-order valence-corrected chi connectivity index (χ2v) is 8.17. The molecule has 3 heterocycles. The number of ether oxygens (including phenoxy) is 1. The normalized spacial score (nSPS) is 14.5. The highest BCUT2D eigenvalue weighted by Gasteiger charge is 2.23. The van der Waals surface area contributed by atoms with Crippen molar-refractivity contribution in [3.8, 4) is 22.7 Å². The van der Waals surface area contributed by atoms with Crippen LogP contribution in [0.25, 0.3) is 28.6 Å². The summed E-state index contributed by atoms with van der Waals surface area (Å²) in [5.74, 6) is 1.31. The van der Waals surface area contributed by atoms with Gasteiger partial charge in [0.15, 0.2) is 0 Å². The quantitative estimate of drug-likeness (QED) is 0.470. The lowest BCUT2D eigenvalue weighted by molar-refractivity contribution is 0.278. The average Bonchev–Trinajstić information content (AvgIpc) is 3.43. The van der Waals surface area contributed by atoms with Crippen molar-refractivity contribution in [2.24, 2.45) is 0 Å². The van der Waals surface area contributed by atoms with Crippen LogP contribution in [-0.4, -0.2) is 31.3 Å². The Morgan fingerprint density at radius 2 is 2.00 bits per heavy atom. The van der Waals surface area contributed by atoms with E-state index in [0.29, 0.717) is 5.69 Å². The molecule has 0 aliphatic carbocycles. The van der Waals surface area contributed by atoms with E-state index in [4.69, 9.17) is 9.72 Å². The number of aromatic nitrogens is 4. The summed E-state index contributed by atoms with van der Waals surface area (Å²) in [5, 5.41) is 9.98. The van der Waals surface area contributed by atoms with Gasteiger partial charge in [-0.05, 0) is 73.4 Å². The number of hydrogen-bond donors (Lipinski definition) is 1. The predicted octanol–water partition coefficient (Wildman–Crippen LogP) is 5.02. The summed E-state index contributed by atoms with van der Waals surface area (Å²) >= 11 is 0. The van der Waals surface area contributed by atoms with Gasteiger partial charge in [-0.2, -0.15) is 0 Å². The topological polar surface area (TPSA) is 65.1 Å². The highest BCUT2D eigenvalue weighted by molar-refractivity contribution is 5.82. The standard InChI is InChI=1S/C26H25FN4O2/c1-17-14-30(16-28-17)23-10-5-18(13-24(23)33-2)12-20-4-3-11-31-25(22(15-32)29-26(20)31)19-6-8-21(27)9-7-19/h5-10,12-14,16,32H,3-4,11,15H2,1-2H3. The van der Waals surface area contributed by atoms with Crippen molar-refractivity contribution >= 4 is 11.6 Å². The highest BCUT2D eigenvalue weighted by Crippen LogP contribution is 2.35. The molecule has 7 heteroatoms. The molecule has 1 aliphatic rings. The zero-order chi connectivity index (χ0) is 22.9. The Hall–Kier alpha value is -3.71. The molecule has 2 aromatic carbocycles. The minimum Gasteiger partial charge on any atom is -0.495 e. The van der Waals surface area contributed by atoms with E-state index < -0.39 is 0 Å². The second kappa shape index (κ2) is 8.67. The number of aliphatic hydroxyl groups is 1. The van der Waals surface area contributed by atoms with E-state index in [2.05, 4.69) is 21.7 Å². The largest absolute Gasteiger partial charge is 0.495 e. The summed E-state index contributed by atoms with van der Waals surface area (Å²) in [6, 6.07) is 12.4. The molecule has 0 spiro atoms. The molecule has 6 nitrogen and oxygen atoms in total. The van der Waals surface area contributed by atoms with E-state index in [0.717, 1.165) is 64.7 Å². The molecule has 2 aromatic heterocycles. The minimum atomic E-state index is -0.286. The molecular formula is C26H25FN4O2. The SMILES string of the molecule is COc1cc(C=C2CCCn3c2nc(CO)c3-c2ccc(F)cc2)ccc1-n1cnc(C)c1. The number of fused-ring (bicyclic) bond motifs is 1. The summed E-state index contributed by atoms with van der Waals surface area (Å²) in [4.78, 5) is 9.06. The lowest BCUT2D eigenvalue weighted by atomic mass is 10.0. The minimum absolute atomic E-state index is 0.174. The number of benzene rings is 2. The molecule has 0 saturated carbocycles. The molecule has 1 aliphatic heterocycles. The summed E-state index contributed by atoms with van der Waals surface area (Å²) in [7, 11) is 1.66. The van der Waals surface area contributed by atoms with Crippen molar-refractivity contribution in [3.63, 3.8) is 0 Å². The van der Waals surface area contributed by atoms with E-state index >= 15 is 0 Å². The molecule has 0 radical (unpaired) electrons. The van der Waals surface area contributed by atoms with Gasteiger partial charge in [-0.1, -0.05) is 6.07 Å². The monoisotopic (exact) mass is 444 g/mol. The smallest absolute Gasteiger partial charge is 0.143 e. The van der Waals surface area contributed by atoms with Gasteiger partial charge in [0.25, 0.3) is 0 Å². The van der Waals surface area contributed by atoms with Crippen molar-refractivity contribution in [1.82, 2.24) is 19.1 Å². The number of methoxy groups -OCH3 is 1. The maximum Gasteiger partial charge on any atom is 0.143 e. The van der Waals surface area contributed by atoms with Crippen molar-refractivity contribution in [2.75, 3.05) is 7.11 Å². The maximum absolute atomic E-state index is 13.5. The Kier molecular flexibility index (Phi) is 5.56. The number of aliphatic hydroxyl groups excluding tert-OH is 1. The molecule has 4 aromatic rings. The molecule has 0 atom stereocenters. The molecular weight excluding hydrogens is 419 g/mol. The average molecular weight is 445 g/mol. The summed E-state index contributed by atoms with van der Waals surface area (Å²) < 4.78 is 23.2. The highest BCUT2D eigenvalue weighted by atomic mass is 19.1. The lowest BCUT2D eigenvalue weighted by Gasteiger charge is -2.20. The van der Waals surface area contributed by atoms with Crippen LogP contribution in [-0.2, 0) is 13.2 Å². The van der Waals surface area contributed by atoms with Crippen LogP contribution in [0.4, 0.5) is 4.39 Å². The van der Waals surface area contributed by atoms with Crippen LogP contribution in [0.5, 0.6) is 5.75 Å². The molecule has 1 N–H and O–H groups in total. The van der Waals surface area contributed by atoms with Gasteiger partial charge in [0, 0.05) is 18.3 Å². The fourth-order valence-corrected chi connectivity index (χ4v) is 4.43. The number of nitrogens with zero attached hydrogens (tertiary/aromatic N) is 4. The zero-order valence-corrected chi connectivity index (χ0v) is 18.6. The van der Waals surface area contributed by atoms with Gasteiger partial charge in [0.05, 0.1) is 42.8 Å². The first kappa shape index (κ1) is 21.2. The zero-order valence-electron chi connectivity index (χ0n) is 18.6. The van der Waals surface area contributed by atoms with E-state index in [-0.39, 0.29) is 12.4 Å². The third-order valence-electron chi connectivity index (χ3n) is 5.96. The predicted molar refractivity (Wildman–Crippen MR) is 126 cm³/mol. The van der Waals surface area contributed by atoms with Crippen molar-refractivity contribution in [1.29, 1.82) is 0 Å². The Morgan fingerprint density at radius 1 is 1.18 bits per heavy atom. The molecule has 0 saturated heterocycles. The van der Waals surface area contributed by atoms with E-state index in [1.54, 1.807) is 25.6 Å². The lowest BCUT2D eigenvalue weighted by Crippen LogP contribution is -2.11. The first-order chi connectivity index (χ1) is 16.1. The van der Waals surface area contributed by atoms with Gasteiger partial charge in [0.1, 0.15) is 17.4 Å². The molecule has 168 valence electrons. The van der Waals surface area contributed by atoms with Crippen LogP contribution >= 0.6 is 0 Å².